The highest BCUT2D eigenvalue weighted by atomic mass is 16.7. The third kappa shape index (κ3) is 10.4. The molecule has 2 fully saturated rings. The molecule has 6 N–H and O–H groups in total. The molecular weight excluding hydrogens is 648 g/mol. The van der Waals surface area contributed by atoms with Gasteiger partial charge in [0, 0.05) is 43.4 Å². The molecule has 50 heavy (non-hydrogen) atoms. The molecule has 0 bridgehead atoms. The van der Waals surface area contributed by atoms with Gasteiger partial charge in [-0.1, -0.05) is 33.8 Å². The molecule has 2 saturated heterocycles. The van der Waals surface area contributed by atoms with Crippen LogP contribution in [0.5, 0.6) is 0 Å². The van der Waals surface area contributed by atoms with Crippen molar-refractivity contribution in [1.82, 2.24) is 9.88 Å². The minimum atomic E-state index is -1.90. The molecule has 1 aromatic rings. The number of aromatic nitrogens is 1. The Morgan fingerprint density at radius 3 is 2.32 bits per heavy atom. The van der Waals surface area contributed by atoms with Crippen LogP contribution in [0.1, 0.15) is 86.6 Å². The summed E-state index contributed by atoms with van der Waals surface area (Å²) in [5, 5.41) is 69.1. The van der Waals surface area contributed by atoms with Crippen LogP contribution in [-0.4, -0.2) is 133 Å². The van der Waals surface area contributed by atoms with Gasteiger partial charge in [-0.2, -0.15) is 0 Å². The summed E-state index contributed by atoms with van der Waals surface area (Å²) in [7, 11) is 1.92. The summed E-state index contributed by atoms with van der Waals surface area (Å²) < 4.78 is 24.1. The number of carbonyl (C=O) groups is 1. The fraction of sp³-hybridized carbons (Fsp3) is 0.838. The van der Waals surface area contributed by atoms with E-state index in [1.165, 1.54) is 20.8 Å². The number of hydrogen-bond donors (Lipinski definition) is 6. The first-order valence-corrected chi connectivity index (χ1v) is 18.2. The average molecular weight is 713 g/mol. The molecule has 15 atom stereocenters. The van der Waals surface area contributed by atoms with E-state index < -0.39 is 83.8 Å². The van der Waals surface area contributed by atoms with Gasteiger partial charge < -0.3 is 54.5 Å². The Bertz CT molecular complexity index is 1170. The van der Waals surface area contributed by atoms with Crippen LogP contribution in [0.25, 0.3) is 0 Å². The summed E-state index contributed by atoms with van der Waals surface area (Å²) in [6.07, 6.45) is -4.07. The van der Waals surface area contributed by atoms with E-state index in [9.17, 15) is 35.4 Å². The van der Waals surface area contributed by atoms with Crippen molar-refractivity contribution in [3.63, 3.8) is 0 Å². The van der Waals surface area contributed by atoms with Crippen LogP contribution in [0.4, 0.5) is 0 Å². The highest BCUT2D eigenvalue weighted by Crippen LogP contribution is 2.38. The Balaban J connectivity index is 1.82. The number of likely N-dealkylation sites (N-methyl/N-ethyl adjacent to an activating group) is 1. The van der Waals surface area contributed by atoms with Crippen molar-refractivity contribution in [1.29, 1.82) is 0 Å². The zero-order chi connectivity index (χ0) is 37.6. The lowest BCUT2D eigenvalue weighted by Crippen LogP contribution is -2.60. The molecule has 2 aliphatic rings. The standard InChI is InChI=1S/C37H64N2O11/c1-10-28-37(8,46)32(43)23(4)29(40)21(2)18-36(7,45)33(24(5)30(41)25(6)34(44)49-28)50-35-31(42)27(17-22(3)48-35)39(9)15-12-16-47-20-26-13-11-14-38-19-26/h11,13-14,19,21-25,27-33,35,40-43,45-46H,10,12,15-18,20H2,1-9H3/t21-,22+,23-,24-,25+,27-,28+,29-,30-,31-,32+,33-,35?,36?,37+/m0/s1. The summed E-state index contributed by atoms with van der Waals surface area (Å²) >= 11 is 0. The maximum atomic E-state index is 13.4. The average Bonchev–Trinajstić information content (AvgIpc) is 3.07. The number of rotatable bonds is 10. The molecule has 13 nitrogen and oxygen atoms in total. The molecule has 1 aromatic heterocycles. The summed E-state index contributed by atoms with van der Waals surface area (Å²) in [6.45, 7) is 14.5. The summed E-state index contributed by atoms with van der Waals surface area (Å²) in [4.78, 5) is 19.5. The molecule has 3 rings (SSSR count). The van der Waals surface area contributed by atoms with Gasteiger partial charge in [0.1, 0.15) is 17.8 Å². The molecule has 0 spiro atoms. The third-order valence-electron chi connectivity index (χ3n) is 11.0. The minimum Gasteiger partial charge on any atom is -0.459 e. The SMILES string of the molecule is CC[C@H]1OC(=O)[C@H](C)[C@@H](O)[C@H](C)[C@H](OC2O[C@H](C)C[C@H](N(C)CCCOCc3cccnc3)[C@@H]2O)C(C)(O)C[C@H](C)[C@H](O)[C@H](C)[C@@H](O)[C@]1(C)O. The summed E-state index contributed by atoms with van der Waals surface area (Å²) in [5.74, 6) is -4.27. The highest BCUT2D eigenvalue weighted by Gasteiger charge is 2.51. The van der Waals surface area contributed by atoms with E-state index in [1.807, 2.05) is 31.0 Å². The topological polar surface area (TPSA) is 191 Å². The van der Waals surface area contributed by atoms with E-state index in [0.29, 0.717) is 26.2 Å². The number of ether oxygens (including phenoxy) is 4. The quantitative estimate of drug-likeness (QED) is 0.153. The van der Waals surface area contributed by atoms with Crippen LogP contribution in [-0.2, 0) is 30.3 Å². The van der Waals surface area contributed by atoms with Crippen molar-refractivity contribution < 1.29 is 54.4 Å². The molecular formula is C37H64N2O11. The largest absolute Gasteiger partial charge is 0.459 e. The Kier molecular flexibility index (Phi) is 15.6. The molecule has 13 heteroatoms. The first-order valence-electron chi connectivity index (χ1n) is 18.2. The molecule has 0 amide bonds. The minimum absolute atomic E-state index is 0.0358. The predicted octanol–water partition coefficient (Wildman–Crippen LogP) is 2.02. The molecule has 288 valence electrons. The van der Waals surface area contributed by atoms with Gasteiger partial charge >= 0.3 is 5.97 Å². The fourth-order valence-corrected chi connectivity index (χ4v) is 7.77. The Hall–Kier alpha value is -1.78. The zero-order valence-corrected chi connectivity index (χ0v) is 31.4. The van der Waals surface area contributed by atoms with E-state index in [0.717, 1.165) is 12.0 Å². The van der Waals surface area contributed by atoms with Crippen molar-refractivity contribution in [2.45, 2.75) is 154 Å². The van der Waals surface area contributed by atoms with E-state index in [-0.39, 0.29) is 25.0 Å². The van der Waals surface area contributed by atoms with Crippen molar-refractivity contribution in [2.75, 3.05) is 20.2 Å². The van der Waals surface area contributed by atoms with E-state index >= 15 is 0 Å². The lowest BCUT2D eigenvalue weighted by molar-refractivity contribution is -0.300. The first-order chi connectivity index (χ1) is 23.3. The van der Waals surface area contributed by atoms with E-state index in [4.69, 9.17) is 18.9 Å². The van der Waals surface area contributed by atoms with Crippen LogP contribution in [0.2, 0.25) is 0 Å². The number of cyclic esters (lactones) is 1. The molecule has 2 aliphatic heterocycles. The zero-order valence-electron chi connectivity index (χ0n) is 31.4. The summed E-state index contributed by atoms with van der Waals surface area (Å²) in [6, 6.07) is 3.47. The lowest BCUT2D eigenvalue weighted by Gasteiger charge is -2.48. The van der Waals surface area contributed by atoms with Gasteiger partial charge in [0.2, 0.25) is 0 Å². The second-order valence-corrected chi connectivity index (χ2v) is 15.4. The Morgan fingerprint density at radius 2 is 1.70 bits per heavy atom. The number of hydrogen-bond acceptors (Lipinski definition) is 13. The summed E-state index contributed by atoms with van der Waals surface area (Å²) in [5.41, 5.74) is -2.63. The monoisotopic (exact) mass is 712 g/mol. The molecule has 0 aliphatic carbocycles. The van der Waals surface area contributed by atoms with Crippen LogP contribution < -0.4 is 0 Å². The van der Waals surface area contributed by atoms with Gasteiger partial charge in [-0.25, -0.2) is 0 Å². The third-order valence-corrected chi connectivity index (χ3v) is 11.0. The number of nitrogens with zero attached hydrogens (tertiary/aromatic N) is 2. The second kappa shape index (κ2) is 18.3. The molecule has 0 saturated carbocycles. The maximum Gasteiger partial charge on any atom is 0.311 e. The normalized spacial score (nSPS) is 42.6. The van der Waals surface area contributed by atoms with Crippen molar-refractivity contribution in [3.8, 4) is 0 Å². The van der Waals surface area contributed by atoms with Crippen molar-refractivity contribution in [3.05, 3.63) is 30.1 Å². The fourth-order valence-electron chi connectivity index (χ4n) is 7.77. The smallest absolute Gasteiger partial charge is 0.311 e. The van der Waals surface area contributed by atoms with E-state index in [1.54, 1.807) is 40.1 Å². The van der Waals surface area contributed by atoms with Crippen molar-refractivity contribution in [2.24, 2.45) is 23.7 Å². The first kappa shape index (κ1) is 42.6. The van der Waals surface area contributed by atoms with Crippen LogP contribution >= 0.6 is 0 Å². The van der Waals surface area contributed by atoms with Gasteiger partial charge in [-0.15, -0.1) is 0 Å². The predicted molar refractivity (Wildman–Crippen MR) is 185 cm³/mol. The van der Waals surface area contributed by atoms with Gasteiger partial charge in [0.15, 0.2) is 6.29 Å². The molecule has 3 heterocycles. The maximum absolute atomic E-state index is 13.4. The van der Waals surface area contributed by atoms with Gasteiger partial charge in [-0.3, -0.25) is 9.78 Å². The van der Waals surface area contributed by atoms with Gasteiger partial charge in [-0.05, 0) is 78.0 Å². The van der Waals surface area contributed by atoms with Crippen LogP contribution in [0, 0.1) is 23.7 Å². The van der Waals surface area contributed by atoms with E-state index in [2.05, 4.69) is 4.98 Å². The number of pyridine rings is 1. The highest BCUT2D eigenvalue weighted by molar-refractivity contribution is 5.73. The second-order valence-electron chi connectivity index (χ2n) is 15.4. The van der Waals surface area contributed by atoms with Gasteiger partial charge in [0.25, 0.3) is 0 Å². The number of aliphatic hydroxyl groups is 6. The Labute approximate surface area is 297 Å². The molecule has 2 unspecified atom stereocenters. The lowest BCUT2D eigenvalue weighted by atomic mass is 9.73. The van der Waals surface area contributed by atoms with Crippen LogP contribution in [0.15, 0.2) is 24.5 Å². The number of aliphatic hydroxyl groups excluding tert-OH is 4. The molecule has 0 aromatic carbocycles. The number of carbonyl (C=O) groups excluding carboxylic acids is 1. The Morgan fingerprint density at radius 1 is 1.02 bits per heavy atom. The van der Waals surface area contributed by atoms with Gasteiger partial charge in [0.05, 0.1) is 48.6 Å². The van der Waals surface area contributed by atoms with Crippen LogP contribution in [0.3, 0.4) is 0 Å². The molecule has 0 radical (unpaired) electrons. The number of esters is 1. The van der Waals surface area contributed by atoms with Crippen molar-refractivity contribution >= 4 is 5.97 Å².